The van der Waals surface area contributed by atoms with Crippen LogP contribution in [0.5, 0.6) is 0 Å². The summed E-state index contributed by atoms with van der Waals surface area (Å²) in [5.74, 6) is 1.45. The number of carbonyl (C=O) groups excluding carboxylic acids is 1. The molecular formula is C17H32N2O. The maximum Gasteiger partial charge on any atom is 0.220 e. The average molecular weight is 280 g/mol. The molecule has 116 valence electrons. The summed E-state index contributed by atoms with van der Waals surface area (Å²) in [5, 5.41) is 6.68. The molecule has 20 heavy (non-hydrogen) atoms. The molecule has 0 aromatic heterocycles. The lowest BCUT2D eigenvalue weighted by Crippen LogP contribution is -2.38. The Balaban J connectivity index is 1.71. The van der Waals surface area contributed by atoms with E-state index in [0.717, 1.165) is 19.6 Å². The van der Waals surface area contributed by atoms with E-state index in [0.29, 0.717) is 23.7 Å². The predicted molar refractivity (Wildman–Crippen MR) is 83.6 cm³/mol. The standard InChI is InChI=1S/C17H32N2O/c1-3-17(8-4-5-9-17)13-19-16(20)11-14(2)15-7-6-10-18-12-15/h14-15,18H,3-13H2,1-2H3,(H,19,20). The first-order valence-electron chi connectivity index (χ1n) is 8.63. The number of hydrogen-bond acceptors (Lipinski definition) is 2. The van der Waals surface area contributed by atoms with Gasteiger partial charge in [0.1, 0.15) is 0 Å². The first-order valence-corrected chi connectivity index (χ1v) is 8.63. The molecule has 0 aromatic rings. The maximum absolute atomic E-state index is 12.2. The third-order valence-electron chi connectivity index (χ3n) is 5.72. The Bertz CT molecular complexity index is 304. The van der Waals surface area contributed by atoms with Crippen LogP contribution in [-0.2, 0) is 4.79 Å². The van der Waals surface area contributed by atoms with Crippen LogP contribution in [0.25, 0.3) is 0 Å². The van der Waals surface area contributed by atoms with Gasteiger partial charge in [-0.15, -0.1) is 0 Å². The summed E-state index contributed by atoms with van der Waals surface area (Å²) < 4.78 is 0. The van der Waals surface area contributed by atoms with Gasteiger partial charge in [-0.1, -0.05) is 26.7 Å². The topological polar surface area (TPSA) is 41.1 Å². The van der Waals surface area contributed by atoms with Gasteiger partial charge in [-0.3, -0.25) is 4.79 Å². The summed E-state index contributed by atoms with van der Waals surface area (Å²) >= 11 is 0. The quantitative estimate of drug-likeness (QED) is 0.785. The van der Waals surface area contributed by atoms with Crippen LogP contribution in [0.15, 0.2) is 0 Å². The third-order valence-corrected chi connectivity index (χ3v) is 5.72. The lowest BCUT2D eigenvalue weighted by Gasteiger charge is -2.30. The van der Waals surface area contributed by atoms with Gasteiger partial charge in [-0.05, 0) is 62.4 Å². The van der Waals surface area contributed by atoms with E-state index < -0.39 is 0 Å². The summed E-state index contributed by atoms with van der Waals surface area (Å²) in [7, 11) is 0. The first-order chi connectivity index (χ1) is 9.65. The van der Waals surface area contributed by atoms with Crippen molar-refractivity contribution in [2.45, 2.75) is 65.2 Å². The van der Waals surface area contributed by atoms with Crippen LogP contribution in [0.4, 0.5) is 0 Å². The molecule has 2 rings (SSSR count). The average Bonchev–Trinajstić information content (AvgIpc) is 2.95. The Morgan fingerprint density at radius 2 is 2.10 bits per heavy atom. The van der Waals surface area contributed by atoms with Crippen LogP contribution in [0, 0.1) is 17.3 Å². The van der Waals surface area contributed by atoms with Gasteiger partial charge in [0.25, 0.3) is 0 Å². The van der Waals surface area contributed by atoms with Crippen molar-refractivity contribution in [3.63, 3.8) is 0 Å². The fourth-order valence-electron chi connectivity index (χ4n) is 3.96. The van der Waals surface area contributed by atoms with Gasteiger partial charge < -0.3 is 10.6 Å². The predicted octanol–water partition coefficient (Wildman–Crippen LogP) is 3.10. The lowest BCUT2D eigenvalue weighted by molar-refractivity contribution is -0.122. The molecule has 3 heteroatoms. The highest BCUT2D eigenvalue weighted by Crippen LogP contribution is 2.40. The van der Waals surface area contributed by atoms with E-state index in [-0.39, 0.29) is 5.91 Å². The maximum atomic E-state index is 12.2. The highest BCUT2D eigenvalue weighted by atomic mass is 16.1. The number of hydrogen-bond donors (Lipinski definition) is 2. The second-order valence-electron chi connectivity index (χ2n) is 7.13. The Hall–Kier alpha value is -0.570. The molecule has 1 aliphatic carbocycles. The molecule has 1 aliphatic heterocycles. The van der Waals surface area contributed by atoms with Gasteiger partial charge in [0.15, 0.2) is 0 Å². The van der Waals surface area contributed by atoms with E-state index in [1.54, 1.807) is 0 Å². The molecule has 2 N–H and O–H groups in total. The van der Waals surface area contributed by atoms with Crippen molar-refractivity contribution in [1.82, 2.24) is 10.6 Å². The van der Waals surface area contributed by atoms with Crippen molar-refractivity contribution < 1.29 is 4.79 Å². The van der Waals surface area contributed by atoms with Crippen LogP contribution in [0.1, 0.15) is 65.2 Å². The zero-order chi connectivity index (χ0) is 14.4. The van der Waals surface area contributed by atoms with Gasteiger partial charge in [0, 0.05) is 13.0 Å². The second kappa shape index (κ2) is 7.44. The highest BCUT2D eigenvalue weighted by molar-refractivity contribution is 5.76. The zero-order valence-corrected chi connectivity index (χ0v) is 13.3. The summed E-state index contributed by atoms with van der Waals surface area (Å²) in [5.41, 5.74) is 0.408. The van der Waals surface area contributed by atoms with E-state index in [9.17, 15) is 4.79 Å². The molecule has 1 saturated carbocycles. The molecule has 3 nitrogen and oxygen atoms in total. The molecule has 1 heterocycles. The van der Waals surface area contributed by atoms with Crippen LogP contribution in [-0.4, -0.2) is 25.5 Å². The molecule has 1 saturated heterocycles. The summed E-state index contributed by atoms with van der Waals surface area (Å²) in [4.78, 5) is 12.2. The zero-order valence-electron chi connectivity index (χ0n) is 13.3. The van der Waals surface area contributed by atoms with E-state index in [1.165, 1.54) is 44.9 Å². The van der Waals surface area contributed by atoms with Crippen LogP contribution >= 0.6 is 0 Å². The number of carbonyl (C=O) groups is 1. The van der Waals surface area contributed by atoms with E-state index in [4.69, 9.17) is 0 Å². The lowest BCUT2D eigenvalue weighted by atomic mass is 9.83. The summed E-state index contributed by atoms with van der Waals surface area (Å²) in [6, 6.07) is 0. The number of amides is 1. The molecule has 0 spiro atoms. The van der Waals surface area contributed by atoms with Crippen molar-refractivity contribution in [2.24, 2.45) is 17.3 Å². The minimum absolute atomic E-state index is 0.266. The Morgan fingerprint density at radius 3 is 2.70 bits per heavy atom. The van der Waals surface area contributed by atoms with Gasteiger partial charge in [-0.2, -0.15) is 0 Å². The fourth-order valence-corrected chi connectivity index (χ4v) is 3.96. The number of rotatable bonds is 6. The van der Waals surface area contributed by atoms with Gasteiger partial charge in [-0.25, -0.2) is 0 Å². The van der Waals surface area contributed by atoms with Crippen molar-refractivity contribution in [3.8, 4) is 0 Å². The largest absolute Gasteiger partial charge is 0.356 e. The molecule has 0 bridgehead atoms. The van der Waals surface area contributed by atoms with E-state index >= 15 is 0 Å². The van der Waals surface area contributed by atoms with E-state index in [1.807, 2.05) is 0 Å². The Kier molecular flexibility index (Phi) is 5.88. The van der Waals surface area contributed by atoms with Crippen LogP contribution in [0.3, 0.4) is 0 Å². The van der Waals surface area contributed by atoms with Gasteiger partial charge in [0.2, 0.25) is 5.91 Å². The molecule has 2 atom stereocenters. The fraction of sp³-hybridized carbons (Fsp3) is 0.941. The molecule has 2 fully saturated rings. The van der Waals surface area contributed by atoms with Gasteiger partial charge >= 0.3 is 0 Å². The normalized spacial score (nSPS) is 27.2. The van der Waals surface area contributed by atoms with Crippen LogP contribution < -0.4 is 10.6 Å². The monoisotopic (exact) mass is 280 g/mol. The van der Waals surface area contributed by atoms with Crippen molar-refractivity contribution >= 4 is 5.91 Å². The molecule has 0 aromatic carbocycles. The number of nitrogens with one attached hydrogen (secondary N) is 2. The highest BCUT2D eigenvalue weighted by Gasteiger charge is 2.32. The molecule has 2 unspecified atom stereocenters. The molecule has 1 amide bonds. The summed E-state index contributed by atoms with van der Waals surface area (Å²) in [6.07, 6.45) is 9.72. The second-order valence-corrected chi connectivity index (χ2v) is 7.13. The Morgan fingerprint density at radius 1 is 1.35 bits per heavy atom. The SMILES string of the molecule is CCC1(CNC(=O)CC(C)C2CCCNC2)CCCC1. The smallest absolute Gasteiger partial charge is 0.220 e. The van der Waals surface area contributed by atoms with Crippen molar-refractivity contribution in [3.05, 3.63) is 0 Å². The molecule has 0 radical (unpaired) electrons. The van der Waals surface area contributed by atoms with Gasteiger partial charge in [0.05, 0.1) is 0 Å². The molecular weight excluding hydrogens is 248 g/mol. The Labute approximate surface area is 124 Å². The number of piperidine rings is 1. The third kappa shape index (κ3) is 4.21. The minimum atomic E-state index is 0.266. The summed E-state index contributed by atoms with van der Waals surface area (Å²) in [6.45, 7) is 7.65. The van der Waals surface area contributed by atoms with E-state index in [2.05, 4.69) is 24.5 Å². The minimum Gasteiger partial charge on any atom is -0.356 e. The molecule has 2 aliphatic rings. The van der Waals surface area contributed by atoms with Crippen molar-refractivity contribution in [1.29, 1.82) is 0 Å². The van der Waals surface area contributed by atoms with Crippen molar-refractivity contribution in [2.75, 3.05) is 19.6 Å². The first kappa shape index (κ1) is 15.8. The van der Waals surface area contributed by atoms with Crippen LogP contribution in [0.2, 0.25) is 0 Å².